The summed E-state index contributed by atoms with van der Waals surface area (Å²) in [4.78, 5) is 0. The van der Waals surface area contributed by atoms with Gasteiger partial charge in [-0.1, -0.05) is 0 Å². The molecule has 0 amide bonds. The molecule has 0 aliphatic carbocycles. The van der Waals surface area contributed by atoms with E-state index in [1.165, 1.54) is 0 Å². The van der Waals surface area contributed by atoms with Crippen LogP contribution < -0.4 is 18.9 Å². The van der Waals surface area contributed by atoms with Gasteiger partial charge in [-0.3, -0.25) is 9.96 Å². The van der Waals surface area contributed by atoms with E-state index < -0.39 is 15.4 Å². The fraction of sp³-hybridized carbons (Fsp3) is 0. The van der Waals surface area contributed by atoms with Crippen molar-refractivity contribution >= 4 is 15.4 Å². The van der Waals surface area contributed by atoms with E-state index in [2.05, 4.69) is 0 Å². The molecular weight excluding hydrogens is 132 g/mol. The summed E-state index contributed by atoms with van der Waals surface area (Å²) < 4.78 is 37.0. The summed E-state index contributed by atoms with van der Waals surface area (Å²) in [5.41, 5.74) is 0. The van der Waals surface area contributed by atoms with Crippen LogP contribution in [0.3, 0.4) is 0 Å². The topological polar surface area (TPSA) is 78.2 Å². The second kappa shape index (κ2) is 3.20. The summed E-state index contributed by atoms with van der Waals surface area (Å²) in [7, 11) is -4.82. The maximum absolute atomic E-state index is 11.0. The summed E-state index contributed by atoms with van der Waals surface area (Å²) in [6.07, 6.45) is 0. The van der Waals surface area contributed by atoms with Crippen molar-refractivity contribution in [1.82, 2.24) is 0 Å². The van der Waals surface area contributed by atoms with E-state index >= 15 is 0 Å². The van der Waals surface area contributed by atoms with Gasteiger partial charge in [0, 0.05) is 0 Å². The predicted octanol–water partition coefficient (Wildman–Crippen LogP) is -3.11. The van der Waals surface area contributed by atoms with Crippen LogP contribution in [0.5, 0.6) is 0 Å². The van der Waals surface area contributed by atoms with Crippen LogP contribution in [0.4, 0.5) is 4.39 Å². The molecule has 4 nitrogen and oxygen atoms in total. The molecule has 0 rings (SSSR count). The Morgan fingerprint density at radius 1 is 1.75 bits per heavy atom. The van der Waals surface area contributed by atoms with Gasteiger partial charge in [0.2, 0.25) is 0 Å². The van der Waals surface area contributed by atoms with Crippen molar-refractivity contribution in [2.45, 2.75) is 0 Å². The van der Waals surface area contributed by atoms with Crippen LogP contribution in [-0.2, 0) is 10.1 Å². The third kappa shape index (κ3) is 4.27. The number of nitrogens with one attached hydrogen (secondary N) is 1. The molecular formula is CH3FLiNO3S. The normalized spacial score (nSPS) is 9.75. The first-order chi connectivity index (χ1) is 2.94. The Bertz CT molecular complexity index is 178. The first-order valence-electron chi connectivity index (χ1n) is 1.16. The Balaban J connectivity index is -0.000000180. The average Bonchev–Trinajstić information content (AvgIpc) is 1.31. The molecule has 0 aliphatic rings. The zero-order valence-electron chi connectivity index (χ0n) is 5.05. The van der Waals surface area contributed by atoms with E-state index in [-0.39, 0.29) is 20.3 Å². The number of rotatable bonds is 0. The molecule has 0 saturated heterocycles. The third-order valence-electron chi connectivity index (χ3n) is 0.226. The number of halogens is 1. The monoisotopic (exact) mass is 135 g/mol. The van der Waals surface area contributed by atoms with Gasteiger partial charge in [0.25, 0.3) is 0 Å². The van der Waals surface area contributed by atoms with E-state index in [0.29, 0.717) is 0 Å². The second-order valence-corrected chi connectivity index (χ2v) is 2.06. The zero-order valence-corrected chi connectivity index (χ0v) is 4.87. The Kier molecular flexibility index (Phi) is 4.39. The molecule has 0 saturated carbocycles. The minimum absolute atomic E-state index is 0. The van der Waals surface area contributed by atoms with Gasteiger partial charge < -0.3 is 1.43 Å². The van der Waals surface area contributed by atoms with Crippen molar-refractivity contribution in [2.75, 3.05) is 0 Å². The largest absolute Gasteiger partial charge is 1.00 e. The van der Waals surface area contributed by atoms with E-state index in [1.54, 1.807) is 0 Å². The molecule has 0 fully saturated rings. The van der Waals surface area contributed by atoms with Crippen LogP contribution in [-0.4, -0.2) is 18.3 Å². The second-order valence-electron chi connectivity index (χ2n) is 0.749. The van der Waals surface area contributed by atoms with Gasteiger partial charge in [-0.15, -0.1) is 0 Å². The molecule has 0 heterocycles. The SMILES string of the molecule is N=C(F)S(=O)(=O)O.[H-].[Li+]. The summed E-state index contributed by atoms with van der Waals surface area (Å²) in [6, 6.07) is 0. The van der Waals surface area contributed by atoms with Crippen molar-refractivity contribution < 1.29 is 37.6 Å². The maximum Gasteiger partial charge on any atom is 1.00 e. The average molecular weight is 135 g/mol. The van der Waals surface area contributed by atoms with Gasteiger partial charge >= 0.3 is 34.3 Å². The van der Waals surface area contributed by atoms with Gasteiger partial charge in [-0.2, -0.15) is 12.8 Å². The Morgan fingerprint density at radius 3 is 1.88 bits per heavy atom. The molecule has 8 heavy (non-hydrogen) atoms. The zero-order chi connectivity index (χ0) is 6.08. The van der Waals surface area contributed by atoms with Crippen LogP contribution >= 0.6 is 0 Å². The minimum atomic E-state index is -4.82. The number of hydrogen-bond acceptors (Lipinski definition) is 3. The molecule has 0 aromatic rings. The molecule has 0 atom stereocenters. The smallest absolute Gasteiger partial charge is 1.00 e. The number of hydrogen-bond donors (Lipinski definition) is 2. The van der Waals surface area contributed by atoms with E-state index in [4.69, 9.17) is 9.96 Å². The summed E-state index contributed by atoms with van der Waals surface area (Å²) in [5, 5.41) is 3.41. The fourth-order valence-corrected chi connectivity index (χ4v) is 0. The van der Waals surface area contributed by atoms with Crippen LogP contribution in [0.1, 0.15) is 1.43 Å². The first-order valence-corrected chi connectivity index (χ1v) is 2.60. The van der Waals surface area contributed by atoms with Crippen molar-refractivity contribution in [3.63, 3.8) is 0 Å². The molecule has 7 heteroatoms. The predicted molar refractivity (Wildman–Crippen MR) is 21.5 cm³/mol. The van der Waals surface area contributed by atoms with Gasteiger partial charge in [0.05, 0.1) is 0 Å². The van der Waals surface area contributed by atoms with Crippen molar-refractivity contribution in [1.29, 1.82) is 5.41 Å². The Morgan fingerprint density at radius 2 is 1.88 bits per heavy atom. The van der Waals surface area contributed by atoms with Crippen LogP contribution in [0.2, 0.25) is 0 Å². The maximum atomic E-state index is 11.0. The van der Waals surface area contributed by atoms with E-state index in [1.807, 2.05) is 0 Å². The fourth-order valence-electron chi connectivity index (χ4n) is 0. The molecule has 0 unspecified atom stereocenters. The first kappa shape index (κ1) is 11.0. The third-order valence-corrected chi connectivity index (χ3v) is 0.679. The van der Waals surface area contributed by atoms with Crippen LogP contribution in [0.25, 0.3) is 0 Å². The summed E-state index contributed by atoms with van der Waals surface area (Å²) in [6.45, 7) is 0. The van der Waals surface area contributed by atoms with E-state index in [0.717, 1.165) is 0 Å². The molecule has 0 aromatic carbocycles. The van der Waals surface area contributed by atoms with Crippen molar-refractivity contribution in [3.8, 4) is 0 Å². The molecule has 0 radical (unpaired) electrons. The molecule has 0 spiro atoms. The van der Waals surface area contributed by atoms with E-state index in [9.17, 15) is 12.8 Å². The van der Waals surface area contributed by atoms with Gasteiger partial charge in [0.1, 0.15) is 0 Å². The molecule has 0 aromatic heterocycles. The van der Waals surface area contributed by atoms with Crippen molar-refractivity contribution in [2.24, 2.45) is 0 Å². The Hall–Kier alpha value is 0.107. The minimum Gasteiger partial charge on any atom is -1.00 e. The van der Waals surface area contributed by atoms with Crippen LogP contribution in [0, 0.1) is 5.41 Å². The summed E-state index contributed by atoms with van der Waals surface area (Å²) >= 11 is 0. The quantitative estimate of drug-likeness (QED) is 0.160. The van der Waals surface area contributed by atoms with Gasteiger partial charge in [-0.05, 0) is 0 Å². The molecule has 2 N–H and O–H groups in total. The van der Waals surface area contributed by atoms with Gasteiger partial charge in [-0.25, -0.2) is 0 Å². The van der Waals surface area contributed by atoms with Gasteiger partial charge in [0.15, 0.2) is 0 Å². The summed E-state index contributed by atoms with van der Waals surface area (Å²) in [5.74, 6) is 0. The van der Waals surface area contributed by atoms with Crippen molar-refractivity contribution in [3.05, 3.63) is 0 Å². The standard InChI is InChI=1S/CH2FNO3S.Li.H/c2-1(3)7(4,5)6;;/h3H,(H,4,5,6);;/q;+1;-1. The molecule has 0 bridgehead atoms. The molecule has 44 valence electrons. The molecule has 0 aliphatic heterocycles. The van der Waals surface area contributed by atoms with Crippen LogP contribution in [0.15, 0.2) is 0 Å². The Labute approximate surface area is 59.0 Å².